The van der Waals surface area contributed by atoms with E-state index in [2.05, 4.69) is 19.2 Å². The molecule has 0 saturated carbocycles. The summed E-state index contributed by atoms with van der Waals surface area (Å²) in [4.78, 5) is 26.6. The topological polar surface area (TPSA) is 58.6 Å². The van der Waals surface area contributed by atoms with E-state index in [9.17, 15) is 9.59 Å². The van der Waals surface area contributed by atoms with E-state index in [-0.39, 0.29) is 17.9 Å². The van der Waals surface area contributed by atoms with E-state index in [1.807, 2.05) is 0 Å². The molecule has 1 saturated heterocycles. The minimum absolute atomic E-state index is 0.0890. The molecule has 5 heteroatoms. The molecular weight excluding hydrogens is 292 g/mol. The minimum Gasteiger partial charge on any atom is -0.497 e. The van der Waals surface area contributed by atoms with Gasteiger partial charge in [0.2, 0.25) is 11.8 Å². The smallest absolute Gasteiger partial charge is 0.247 e. The molecule has 0 unspecified atom stereocenters. The van der Waals surface area contributed by atoms with E-state index in [1.54, 1.807) is 36.3 Å². The van der Waals surface area contributed by atoms with Gasteiger partial charge in [0.05, 0.1) is 7.11 Å². The highest BCUT2D eigenvalue weighted by Gasteiger charge is 2.33. The number of amides is 2. The maximum absolute atomic E-state index is 12.5. The highest BCUT2D eigenvalue weighted by atomic mass is 16.5. The Hall–Kier alpha value is -2.04. The Bertz CT molecular complexity index is 540. The van der Waals surface area contributed by atoms with Crippen molar-refractivity contribution < 1.29 is 14.3 Å². The molecule has 1 atom stereocenters. The highest BCUT2D eigenvalue weighted by molar-refractivity contribution is 5.97. The van der Waals surface area contributed by atoms with Crippen molar-refractivity contribution in [1.82, 2.24) is 4.90 Å². The lowest BCUT2D eigenvalue weighted by Crippen LogP contribution is -2.43. The van der Waals surface area contributed by atoms with Crippen molar-refractivity contribution in [3.05, 3.63) is 24.3 Å². The van der Waals surface area contributed by atoms with Crippen LogP contribution in [0.1, 0.15) is 39.5 Å². The van der Waals surface area contributed by atoms with Crippen molar-refractivity contribution in [1.29, 1.82) is 0 Å². The predicted octanol–water partition coefficient (Wildman–Crippen LogP) is 3.06. The maximum Gasteiger partial charge on any atom is 0.247 e. The van der Waals surface area contributed by atoms with Gasteiger partial charge in [-0.2, -0.15) is 0 Å². The van der Waals surface area contributed by atoms with Crippen LogP contribution in [0.3, 0.4) is 0 Å². The Kier molecular flexibility index (Phi) is 6.02. The number of methoxy groups -OCH3 is 1. The lowest BCUT2D eigenvalue weighted by molar-refractivity contribution is -0.136. The van der Waals surface area contributed by atoms with E-state index in [1.165, 1.54) is 0 Å². The first-order chi connectivity index (χ1) is 11.0. The molecule has 2 amide bonds. The fourth-order valence-corrected chi connectivity index (χ4v) is 2.79. The normalized spacial score (nSPS) is 17.4. The Labute approximate surface area is 138 Å². The monoisotopic (exact) mass is 318 g/mol. The number of hydrogen-bond donors (Lipinski definition) is 1. The quantitative estimate of drug-likeness (QED) is 0.877. The van der Waals surface area contributed by atoms with Crippen molar-refractivity contribution in [2.24, 2.45) is 5.92 Å². The zero-order valence-electron chi connectivity index (χ0n) is 14.2. The highest BCUT2D eigenvalue weighted by Crippen LogP contribution is 2.22. The largest absolute Gasteiger partial charge is 0.497 e. The van der Waals surface area contributed by atoms with Crippen molar-refractivity contribution in [3.63, 3.8) is 0 Å². The van der Waals surface area contributed by atoms with Crippen LogP contribution in [-0.4, -0.2) is 36.4 Å². The summed E-state index contributed by atoms with van der Waals surface area (Å²) >= 11 is 0. The second-order valence-corrected chi connectivity index (χ2v) is 6.40. The van der Waals surface area contributed by atoms with E-state index in [0.29, 0.717) is 18.9 Å². The van der Waals surface area contributed by atoms with Gasteiger partial charge < -0.3 is 15.0 Å². The molecule has 0 bridgehead atoms. The second kappa shape index (κ2) is 7.99. The molecule has 0 spiro atoms. The van der Waals surface area contributed by atoms with E-state index < -0.39 is 0 Å². The van der Waals surface area contributed by atoms with Gasteiger partial charge in [0.25, 0.3) is 0 Å². The average Bonchev–Trinajstić information content (AvgIpc) is 3.03. The fourth-order valence-electron chi connectivity index (χ4n) is 2.79. The number of carbonyl (C=O) groups is 2. The average molecular weight is 318 g/mol. The number of carbonyl (C=O) groups excluding carboxylic acids is 2. The Balaban J connectivity index is 1.95. The molecule has 1 aromatic carbocycles. The summed E-state index contributed by atoms with van der Waals surface area (Å²) in [6.45, 7) is 4.88. The SMILES string of the molecule is COc1ccc(NC(=O)[C@@H]2CCCN2C(=O)CCC(C)C)cc1. The number of nitrogens with zero attached hydrogens (tertiary/aromatic N) is 1. The molecule has 5 nitrogen and oxygen atoms in total. The number of rotatable bonds is 6. The number of ether oxygens (including phenoxy) is 1. The zero-order valence-corrected chi connectivity index (χ0v) is 14.2. The van der Waals surface area contributed by atoms with Crippen LogP contribution in [0.25, 0.3) is 0 Å². The molecule has 2 rings (SSSR count). The lowest BCUT2D eigenvalue weighted by Gasteiger charge is -2.24. The number of likely N-dealkylation sites (tertiary alicyclic amines) is 1. The standard InChI is InChI=1S/C18H26N2O3/c1-13(2)6-11-17(21)20-12-4-5-16(20)18(22)19-14-7-9-15(23-3)10-8-14/h7-10,13,16H,4-6,11-12H2,1-3H3,(H,19,22)/t16-/m0/s1. The second-order valence-electron chi connectivity index (χ2n) is 6.40. The molecule has 126 valence electrons. The van der Waals surface area contributed by atoms with Gasteiger partial charge in [-0.05, 0) is 49.4 Å². The lowest BCUT2D eigenvalue weighted by atomic mass is 10.1. The summed E-state index contributed by atoms with van der Waals surface area (Å²) in [5.41, 5.74) is 0.720. The molecule has 23 heavy (non-hydrogen) atoms. The van der Waals surface area contributed by atoms with Crippen LogP contribution in [0, 0.1) is 5.92 Å². The Morgan fingerprint density at radius 2 is 2.00 bits per heavy atom. The van der Waals surface area contributed by atoms with Gasteiger partial charge in [-0.3, -0.25) is 9.59 Å². The van der Waals surface area contributed by atoms with Crippen LogP contribution in [0.4, 0.5) is 5.69 Å². The maximum atomic E-state index is 12.5. The summed E-state index contributed by atoms with van der Waals surface area (Å²) in [5.74, 6) is 1.22. The summed E-state index contributed by atoms with van der Waals surface area (Å²) in [7, 11) is 1.60. The van der Waals surface area contributed by atoms with Gasteiger partial charge in [-0.15, -0.1) is 0 Å². The molecular formula is C18H26N2O3. The molecule has 1 aromatic rings. The Morgan fingerprint density at radius 1 is 1.30 bits per heavy atom. The van der Waals surface area contributed by atoms with Crippen molar-refractivity contribution >= 4 is 17.5 Å². The molecule has 0 radical (unpaired) electrons. The number of nitrogens with one attached hydrogen (secondary N) is 1. The third-order valence-electron chi connectivity index (χ3n) is 4.17. The summed E-state index contributed by atoms with van der Waals surface area (Å²) in [6.07, 6.45) is 3.00. The van der Waals surface area contributed by atoms with Crippen molar-refractivity contribution in [2.45, 2.75) is 45.6 Å². The minimum atomic E-state index is -0.350. The fraction of sp³-hybridized carbons (Fsp3) is 0.556. The first kappa shape index (κ1) is 17.3. The summed E-state index contributed by atoms with van der Waals surface area (Å²) in [5, 5.41) is 2.90. The van der Waals surface area contributed by atoms with Gasteiger partial charge in [0, 0.05) is 18.7 Å². The van der Waals surface area contributed by atoms with E-state index >= 15 is 0 Å². The molecule has 1 fully saturated rings. The van der Waals surface area contributed by atoms with Crippen molar-refractivity contribution in [2.75, 3.05) is 19.0 Å². The number of benzene rings is 1. The van der Waals surface area contributed by atoms with E-state index in [4.69, 9.17) is 4.74 Å². The third kappa shape index (κ3) is 4.71. The van der Waals surface area contributed by atoms with Crippen LogP contribution in [0.2, 0.25) is 0 Å². The first-order valence-corrected chi connectivity index (χ1v) is 8.25. The summed E-state index contributed by atoms with van der Waals surface area (Å²) < 4.78 is 5.10. The van der Waals surface area contributed by atoms with Gasteiger partial charge in [0.15, 0.2) is 0 Å². The molecule has 1 aliphatic heterocycles. The summed E-state index contributed by atoms with van der Waals surface area (Å²) in [6, 6.07) is 6.86. The van der Waals surface area contributed by atoms with Crippen LogP contribution in [0.15, 0.2) is 24.3 Å². The number of hydrogen-bond acceptors (Lipinski definition) is 3. The molecule has 0 aliphatic carbocycles. The predicted molar refractivity (Wildman–Crippen MR) is 90.4 cm³/mol. The van der Waals surface area contributed by atoms with Crippen LogP contribution in [0.5, 0.6) is 5.75 Å². The molecule has 1 heterocycles. The van der Waals surface area contributed by atoms with Crippen LogP contribution < -0.4 is 10.1 Å². The van der Waals surface area contributed by atoms with Crippen LogP contribution in [-0.2, 0) is 9.59 Å². The van der Waals surface area contributed by atoms with Crippen LogP contribution >= 0.6 is 0 Å². The Morgan fingerprint density at radius 3 is 2.61 bits per heavy atom. The van der Waals surface area contributed by atoms with Gasteiger partial charge in [-0.1, -0.05) is 13.8 Å². The zero-order chi connectivity index (χ0) is 16.8. The first-order valence-electron chi connectivity index (χ1n) is 8.25. The van der Waals surface area contributed by atoms with E-state index in [0.717, 1.165) is 30.7 Å². The molecule has 1 N–H and O–H groups in total. The van der Waals surface area contributed by atoms with Gasteiger partial charge in [-0.25, -0.2) is 0 Å². The van der Waals surface area contributed by atoms with Gasteiger partial charge >= 0.3 is 0 Å². The number of anilines is 1. The van der Waals surface area contributed by atoms with Crippen molar-refractivity contribution in [3.8, 4) is 5.75 Å². The third-order valence-corrected chi connectivity index (χ3v) is 4.17. The van der Waals surface area contributed by atoms with Gasteiger partial charge in [0.1, 0.15) is 11.8 Å². The molecule has 0 aromatic heterocycles. The molecule has 1 aliphatic rings.